The predicted molar refractivity (Wildman–Crippen MR) is 104 cm³/mol. The van der Waals surface area contributed by atoms with Crippen LogP contribution >= 0.6 is 11.6 Å². The first-order chi connectivity index (χ1) is 13.0. The third-order valence-corrected chi connectivity index (χ3v) is 3.76. The zero-order chi connectivity index (χ0) is 19.8. The number of rotatable bonds is 8. The molecular formula is C21H19ClFNO3. The highest BCUT2D eigenvalue weighted by molar-refractivity contribution is 6.35. The van der Waals surface area contributed by atoms with Gasteiger partial charge in [-0.2, -0.15) is 0 Å². The zero-order valence-electron chi connectivity index (χ0n) is 14.8. The van der Waals surface area contributed by atoms with Gasteiger partial charge in [-0.3, -0.25) is 4.79 Å². The van der Waals surface area contributed by atoms with E-state index in [1.165, 1.54) is 25.3 Å². The molecule has 4 nitrogen and oxygen atoms in total. The van der Waals surface area contributed by atoms with Crippen LogP contribution in [0.5, 0.6) is 11.5 Å². The highest BCUT2D eigenvalue weighted by atomic mass is 35.5. The normalized spacial score (nSPS) is 11.2. The lowest BCUT2D eigenvalue weighted by molar-refractivity contribution is -0.117. The Hall–Kier alpha value is -3.05. The molecule has 27 heavy (non-hydrogen) atoms. The van der Waals surface area contributed by atoms with E-state index in [1.807, 2.05) is 6.07 Å². The van der Waals surface area contributed by atoms with Crippen molar-refractivity contribution in [2.75, 3.05) is 7.11 Å². The molecule has 0 heterocycles. The summed E-state index contributed by atoms with van der Waals surface area (Å²) >= 11 is 6.01. The number of methoxy groups -OCH3 is 1. The van der Waals surface area contributed by atoms with Crippen molar-refractivity contribution in [1.82, 2.24) is 5.32 Å². The lowest BCUT2D eigenvalue weighted by atomic mass is 10.1. The van der Waals surface area contributed by atoms with E-state index in [1.54, 1.807) is 30.3 Å². The lowest BCUT2D eigenvalue weighted by Crippen LogP contribution is -2.26. The fraction of sp³-hybridized carbons (Fsp3) is 0.0952. The highest BCUT2D eigenvalue weighted by Gasteiger charge is 2.18. The number of nitrogens with one attached hydrogen (secondary N) is 1. The Morgan fingerprint density at radius 1 is 1.26 bits per heavy atom. The standard InChI is InChI=1S/C21H19ClFNO3/c1-4-18(27-16-8-6-5-7-9-16)20(14(2)22)21(25)24-13-15-10-11-19(26-3)17(23)12-15/h4-12H,1-2,13H2,3H3,(H,24,25)/b20-18-. The average molecular weight is 388 g/mol. The Kier molecular flexibility index (Phi) is 7.20. The maximum Gasteiger partial charge on any atom is 0.256 e. The Labute approximate surface area is 162 Å². The van der Waals surface area contributed by atoms with E-state index in [2.05, 4.69) is 18.5 Å². The first-order valence-corrected chi connectivity index (χ1v) is 8.39. The molecule has 2 rings (SSSR count). The van der Waals surface area contributed by atoms with Gasteiger partial charge in [0.25, 0.3) is 5.91 Å². The van der Waals surface area contributed by atoms with Crippen molar-refractivity contribution in [3.05, 3.63) is 95.5 Å². The fourth-order valence-corrected chi connectivity index (χ4v) is 2.45. The van der Waals surface area contributed by atoms with Crippen molar-refractivity contribution in [1.29, 1.82) is 0 Å². The maximum atomic E-state index is 13.8. The van der Waals surface area contributed by atoms with Gasteiger partial charge in [-0.15, -0.1) is 0 Å². The number of halogens is 2. The minimum Gasteiger partial charge on any atom is -0.494 e. The summed E-state index contributed by atoms with van der Waals surface area (Å²) < 4.78 is 24.3. The van der Waals surface area contributed by atoms with Crippen LogP contribution in [0.25, 0.3) is 0 Å². The molecule has 0 saturated carbocycles. The molecule has 0 atom stereocenters. The second kappa shape index (κ2) is 9.59. The van der Waals surface area contributed by atoms with Crippen LogP contribution in [0.3, 0.4) is 0 Å². The molecule has 0 aliphatic carbocycles. The second-order valence-electron chi connectivity index (χ2n) is 5.41. The van der Waals surface area contributed by atoms with Crippen molar-refractivity contribution >= 4 is 17.5 Å². The van der Waals surface area contributed by atoms with Crippen molar-refractivity contribution in [2.45, 2.75) is 6.54 Å². The third kappa shape index (κ3) is 5.46. The number of allylic oxidation sites excluding steroid dienone is 1. The molecule has 1 amide bonds. The molecule has 0 unspecified atom stereocenters. The number of carbonyl (C=O) groups is 1. The second-order valence-corrected chi connectivity index (χ2v) is 5.87. The Bertz CT molecular complexity index is 878. The van der Waals surface area contributed by atoms with E-state index in [-0.39, 0.29) is 28.7 Å². The van der Waals surface area contributed by atoms with E-state index in [9.17, 15) is 9.18 Å². The molecule has 0 radical (unpaired) electrons. The van der Waals surface area contributed by atoms with Gasteiger partial charge in [0.05, 0.1) is 12.7 Å². The molecule has 1 N–H and O–H groups in total. The van der Waals surface area contributed by atoms with Crippen molar-refractivity contribution in [2.24, 2.45) is 0 Å². The molecule has 0 bridgehead atoms. The molecule has 0 aliphatic heterocycles. The van der Waals surface area contributed by atoms with E-state index in [0.717, 1.165) is 0 Å². The minimum absolute atomic E-state index is 0.000701. The molecule has 140 valence electrons. The Morgan fingerprint density at radius 3 is 2.52 bits per heavy atom. The minimum atomic E-state index is -0.517. The molecule has 0 spiro atoms. The van der Waals surface area contributed by atoms with Gasteiger partial charge in [0.15, 0.2) is 11.6 Å². The van der Waals surface area contributed by atoms with Crippen LogP contribution in [0.4, 0.5) is 4.39 Å². The Balaban J connectivity index is 2.19. The molecule has 0 aliphatic rings. The lowest BCUT2D eigenvalue weighted by Gasteiger charge is -2.13. The van der Waals surface area contributed by atoms with Crippen molar-refractivity contribution in [3.8, 4) is 11.5 Å². The van der Waals surface area contributed by atoms with Crippen LogP contribution < -0.4 is 14.8 Å². The number of amides is 1. The molecule has 0 fully saturated rings. The van der Waals surface area contributed by atoms with Crippen LogP contribution in [0, 0.1) is 5.82 Å². The van der Waals surface area contributed by atoms with Gasteiger partial charge in [-0.25, -0.2) is 4.39 Å². The van der Waals surface area contributed by atoms with Crippen molar-refractivity contribution in [3.63, 3.8) is 0 Å². The largest absolute Gasteiger partial charge is 0.494 e. The molecule has 2 aromatic rings. The Morgan fingerprint density at radius 2 is 1.96 bits per heavy atom. The molecule has 6 heteroatoms. The number of carbonyl (C=O) groups excluding carboxylic acids is 1. The van der Waals surface area contributed by atoms with E-state index >= 15 is 0 Å². The van der Waals surface area contributed by atoms with Gasteiger partial charge in [0.1, 0.15) is 11.5 Å². The van der Waals surface area contributed by atoms with E-state index in [4.69, 9.17) is 21.1 Å². The molecule has 2 aromatic carbocycles. The quantitative estimate of drug-likeness (QED) is 0.405. The van der Waals surface area contributed by atoms with Gasteiger partial charge < -0.3 is 14.8 Å². The first kappa shape index (κ1) is 20.3. The molecular weight excluding hydrogens is 369 g/mol. The predicted octanol–water partition coefficient (Wildman–Crippen LogP) is 4.72. The topological polar surface area (TPSA) is 47.6 Å². The summed E-state index contributed by atoms with van der Waals surface area (Å²) in [5, 5.41) is 2.67. The van der Waals surface area contributed by atoms with Gasteiger partial charge >= 0.3 is 0 Å². The van der Waals surface area contributed by atoms with Crippen LogP contribution in [0.1, 0.15) is 5.56 Å². The van der Waals surface area contributed by atoms with Crippen LogP contribution in [0.15, 0.2) is 84.1 Å². The summed E-state index contributed by atoms with van der Waals surface area (Å²) in [4.78, 5) is 12.6. The number of ether oxygens (including phenoxy) is 2. The monoisotopic (exact) mass is 387 g/mol. The first-order valence-electron chi connectivity index (χ1n) is 8.01. The third-order valence-electron chi connectivity index (χ3n) is 3.57. The van der Waals surface area contributed by atoms with Crippen molar-refractivity contribution < 1.29 is 18.7 Å². The summed E-state index contributed by atoms with van der Waals surface area (Å²) in [5.74, 6) is -0.213. The van der Waals surface area contributed by atoms with Gasteiger partial charge in [-0.05, 0) is 35.9 Å². The summed E-state index contributed by atoms with van der Waals surface area (Å²) in [6, 6.07) is 13.3. The summed E-state index contributed by atoms with van der Waals surface area (Å²) in [6.45, 7) is 7.37. The maximum absolute atomic E-state index is 13.8. The zero-order valence-corrected chi connectivity index (χ0v) is 15.6. The number of hydrogen-bond donors (Lipinski definition) is 1. The average Bonchev–Trinajstić information content (AvgIpc) is 2.66. The number of para-hydroxylation sites is 1. The summed E-state index contributed by atoms with van der Waals surface area (Å²) in [6.07, 6.45) is 1.38. The smallest absolute Gasteiger partial charge is 0.256 e. The molecule has 0 saturated heterocycles. The fourth-order valence-electron chi connectivity index (χ4n) is 2.27. The van der Waals surface area contributed by atoms with Gasteiger partial charge in [-0.1, -0.05) is 49.0 Å². The summed E-state index contributed by atoms with van der Waals surface area (Å²) in [5.41, 5.74) is 0.606. The van der Waals surface area contributed by atoms with Gasteiger partial charge in [0, 0.05) is 11.6 Å². The van der Waals surface area contributed by atoms with Crippen LogP contribution in [0.2, 0.25) is 0 Å². The number of hydrogen-bond acceptors (Lipinski definition) is 3. The van der Waals surface area contributed by atoms with Crippen LogP contribution in [-0.4, -0.2) is 13.0 Å². The SMILES string of the molecule is C=C/C(Oc1ccccc1)=C(\C(=C)Cl)C(=O)NCc1ccc(OC)c(F)c1. The number of benzene rings is 2. The molecule has 0 aromatic heterocycles. The summed E-state index contributed by atoms with van der Waals surface area (Å²) in [7, 11) is 1.38. The van der Waals surface area contributed by atoms with E-state index in [0.29, 0.717) is 11.3 Å². The van der Waals surface area contributed by atoms with Crippen LogP contribution in [-0.2, 0) is 11.3 Å². The highest BCUT2D eigenvalue weighted by Crippen LogP contribution is 2.23. The van der Waals surface area contributed by atoms with Gasteiger partial charge in [0.2, 0.25) is 0 Å². The van der Waals surface area contributed by atoms with E-state index < -0.39 is 11.7 Å².